The Morgan fingerprint density at radius 2 is 2.29 bits per heavy atom. The van der Waals surface area contributed by atoms with Gasteiger partial charge in [-0.05, 0) is 43.0 Å². The number of nitrogens with zero attached hydrogens (tertiary/aromatic N) is 3. The zero-order valence-corrected chi connectivity index (χ0v) is 17.0. The quantitative estimate of drug-likeness (QED) is 0.760. The normalized spacial score (nSPS) is 22.8. The zero-order chi connectivity index (χ0) is 21.4. The van der Waals surface area contributed by atoms with Crippen molar-refractivity contribution in [3.8, 4) is 17.7 Å². The van der Waals surface area contributed by atoms with E-state index in [2.05, 4.69) is 16.5 Å². The third-order valence-electron chi connectivity index (χ3n) is 5.81. The van der Waals surface area contributed by atoms with Crippen LogP contribution in [0.3, 0.4) is 0 Å². The number of alkyl halides is 1. The molecular weight excluding hydrogens is 403 g/mol. The first-order valence-electron chi connectivity index (χ1n) is 10.5. The molecule has 0 saturated heterocycles. The first-order valence-corrected chi connectivity index (χ1v) is 10.5. The summed E-state index contributed by atoms with van der Waals surface area (Å²) in [5.41, 5.74) is 0.591. The van der Waals surface area contributed by atoms with Crippen LogP contribution in [-0.4, -0.2) is 53.3 Å². The minimum atomic E-state index is -1.14. The van der Waals surface area contributed by atoms with Gasteiger partial charge in [-0.15, -0.1) is 0 Å². The minimum absolute atomic E-state index is 0.113. The highest BCUT2D eigenvalue weighted by atomic mass is 19.1. The van der Waals surface area contributed by atoms with Crippen LogP contribution >= 0.6 is 0 Å². The fourth-order valence-corrected chi connectivity index (χ4v) is 3.85. The molecule has 2 aliphatic heterocycles. The molecule has 1 fully saturated rings. The van der Waals surface area contributed by atoms with E-state index in [0.29, 0.717) is 56.9 Å². The molecule has 1 saturated carbocycles. The number of hydrogen-bond acceptors (Lipinski definition) is 6. The van der Waals surface area contributed by atoms with Crippen molar-refractivity contribution in [3.05, 3.63) is 41.1 Å². The fraction of sp³-hybridized carbons (Fsp3) is 0.500. The molecular formula is C22H23FN4O4. The largest absolute Gasteiger partial charge is 0.491 e. The molecule has 1 N–H and O–H groups in total. The topological polar surface area (TPSA) is 98.4 Å². The van der Waals surface area contributed by atoms with Crippen molar-refractivity contribution >= 4 is 5.91 Å². The Morgan fingerprint density at radius 1 is 1.42 bits per heavy atom. The van der Waals surface area contributed by atoms with Gasteiger partial charge in [-0.1, -0.05) is 0 Å². The fourth-order valence-electron chi connectivity index (χ4n) is 3.85. The van der Waals surface area contributed by atoms with Crippen molar-refractivity contribution in [2.75, 3.05) is 19.8 Å². The molecule has 1 aromatic heterocycles. The molecule has 0 spiro atoms. The van der Waals surface area contributed by atoms with Crippen LogP contribution in [0.15, 0.2) is 24.3 Å². The highest BCUT2D eigenvalue weighted by Crippen LogP contribution is 2.39. The number of ether oxygens (including phenoxy) is 3. The number of rotatable bonds is 6. The highest BCUT2D eigenvalue weighted by molar-refractivity contribution is 5.92. The van der Waals surface area contributed by atoms with E-state index in [1.165, 1.54) is 0 Å². The lowest BCUT2D eigenvalue weighted by Gasteiger charge is -2.25. The summed E-state index contributed by atoms with van der Waals surface area (Å²) >= 11 is 0. The predicted octanol–water partition coefficient (Wildman–Crippen LogP) is 2.16. The second-order valence-corrected chi connectivity index (χ2v) is 8.41. The molecule has 0 unspecified atom stereocenters. The van der Waals surface area contributed by atoms with E-state index in [4.69, 9.17) is 19.5 Å². The lowest BCUT2D eigenvalue weighted by Crippen LogP contribution is -2.42. The number of nitriles is 1. The molecule has 5 rings (SSSR count). The molecule has 3 heterocycles. The highest BCUT2D eigenvalue weighted by Gasteiger charge is 2.43. The molecule has 2 atom stereocenters. The second-order valence-electron chi connectivity index (χ2n) is 8.41. The Morgan fingerprint density at radius 3 is 3.10 bits per heavy atom. The first kappa shape index (κ1) is 19.8. The molecule has 1 aromatic carbocycles. The van der Waals surface area contributed by atoms with Gasteiger partial charge in [-0.2, -0.15) is 10.4 Å². The standard InChI is InChI=1S/C22H23FN4O4/c23-22(4-5-22)13-29-12-17-3-6-27-20(31-17)9-18(26-27)21(28)25-16-8-15-7-14(10-24)1-2-19(15)30-11-16/h1-2,7,9,16-17H,3-6,8,11-13H2,(H,25,28)/t16-,17+/m1/s1. The van der Waals surface area contributed by atoms with Gasteiger partial charge in [0.2, 0.25) is 5.88 Å². The Hall–Kier alpha value is -3.12. The molecule has 9 heteroatoms. The number of aromatic nitrogens is 2. The van der Waals surface area contributed by atoms with Crippen LogP contribution < -0.4 is 14.8 Å². The summed E-state index contributed by atoms with van der Waals surface area (Å²) in [6, 6.07) is 8.80. The number of carbonyl (C=O) groups excluding carboxylic acids is 1. The van der Waals surface area contributed by atoms with Crippen molar-refractivity contribution in [2.45, 2.75) is 50.0 Å². The van der Waals surface area contributed by atoms with Gasteiger partial charge in [0.05, 0.1) is 30.9 Å². The van der Waals surface area contributed by atoms with Gasteiger partial charge in [0.1, 0.15) is 24.1 Å². The van der Waals surface area contributed by atoms with E-state index < -0.39 is 5.67 Å². The van der Waals surface area contributed by atoms with Crippen molar-refractivity contribution < 1.29 is 23.4 Å². The van der Waals surface area contributed by atoms with Gasteiger partial charge in [0.15, 0.2) is 5.69 Å². The maximum atomic E-state index is 13.7. The molecule has 8 nitrogen and oxygen atoms in total. The van der Waals surface area contributed by atoms with Crippen LogP contribution in [-0.2, 0) is 17.7 Å². The third-order valence-corrected chi connectivity index (χ3v) is 5.81. The summed E-state index contributed by atoms with van der Waals surface area (Å²) in [6.45, 7) is 1.39. The Bertz CT molecular complexity index is 1040. The summed E-state index contributed by atoms with van der Waals surface area (Å²) in [5, 5.41) is 16.4. The van der Waals surface area contributed by atoms with E-state index in [0.717, 1.165) is 11.3 Å². The van der Waals surface area contributed by atoms with E-state index in [-0.39, 0.29) is 30.4 Å². The number of hydrogen-bond donors (Lipinski definition) is 1. The molecule has 1 aliphatic carbocycles. The number of nitrogens with one attached hydrogen (secondary N) is 1. The number of halogens is 1. The smallest absolute Gasteiger partial charge is 0.272 e. The van der Waals surface area contributed by atoms with Crippen LogP contribution in [0.5, 0.6) is 11.6 Å². The molecule has 2 aromatic rings. The van der Waals surface area contributed by atoms with Gasteiger partial charge >= 0.3 is 0 Å². The maximum Gasteiger partial charge on any atom is 0.272 e. The average Bonchev–Trinajstić information content (AvgIpc) is 3.35. The van der Waals surface area contributed by atoms with Crippen molar-refractivity contribution in [2.24, 2.45) is 0 Å². The SMILES string of the molecule is N#Cc1ccc2c(c1)C[C@@H](NC(=O)c1cc3n(n1)CC[C@@H](COCC1(F)CC1)O3)CO2. The zero-order valence-electron chi connectivity index (χ0n) is 17.0. The third kappa shape index (κ3) is 4.35. The van der Waals surface area contributed by atoms with E-state index in [1.807, 2.05) is 0 Å². The monoisotopic (exact) mass is 426 g/mol. The number of fused-ring (bicyclic) bond motifs is 2. The Kier molecular flexibility index (Phi) is 5.02. The van der Waals surface area contributed by atoms with Crippen molar-refractivity contribution in [1.29, 1.82) is 5.26 Å². The molecule has 162 valence electrons. The summed E-state index contributed by atoms with van der Waals surface area (Å²) < 4.78 is 32.4. The Balaban J connectivity index is 1.17. The van der Waals surface area contributed by atoms with Gasteiger partial charge < -0.3 is 19.5 Å². The summed E-state index contributed by atoms with van der Waals surface area (Å²) in [4.78, 5) is 12.7. The van der Waals surface area contributed by atoms with Gasteiger partial charge in [0.25, 0.3) is 5.91 Å². The molecule has 1 amide bonds. The number of benzene rings is 1. The van der Waals surface area contributed by atoms with Gasteiger partial charge in [-0.25, -0.2) is 9.07 Å². The van der Waals surface area contributed by atoms with Crippen LogP contribution in [0.1, 0.15) is 40.9 Å². The van der Waals surface area contributed by atoms with Crippen LogP contribution in [0.25, 0.3) is 0 Å². The number of aryl methyl sites for hydroxylation is 1. The van der Waals surface area contributed by atoms with Crippen molar-refractivity contribution in [1.82, 2.24) is 15.1 Å². The lowest BCUT2D eigenvalue weighted by atomic mass is 10.0. The van der Waals surface area contributed by atoms with E-state index in [9.17, 15) is 9.18 Å². The van der Waals surface area contributed by atoms with E-state index in [1.54, 1.807) is 28.9 Å². The summed E-state index contributed by atoms with van der Waals surface area (Å²) in [7, 11) is 0. The van der Waals surface area contributed by atoms with Crippen LogP contribution in [0.2, 0.25) is 0 Å². The molecule has 31 heavy (non-hydrogen) atoms. The van der Waals surface area contributed by atoms with E-state index >= 15 is 0 Å². The predicted molar refractivity (Wildman–Crippen MR) is 107 cm³/mol. The number of amides is 1. The molecule has 0 radical (unpaired) electrons. The average molecular weight is 426 g/mol. The lowest BCUT2D eigenvalue weighted by molar-refractivity contribution is 0.00133. The van der Waals surface area contributed by atoms with Crippen LogP contribution in [0.4, 0.5) is 4.39 Å². The summed E-state index contributed by atoms with van der Waals surface area (Å²) in [5.74, 6) is 0.944. The van der Waals surface area contributed by atoms with Gasteiger partial charge in [0, 0.05) is 19.0 Å². The van der Waals surface area contributed by atoms with Gasteiger partial charge in [-0.3, -0.25) is 4.79 Å². The Labute approximate surface area is 178 Å². The molecule has 3 aliphatic rings. The van der Waals surface area contributed by atoms with Crippen molar-refractivity contribution in [3.63, 3.8) is 0 Å². The minimum Gasteiger partial charge on any atom is -0.491 e. The second kappa shape index (κ2) is 7.85. The summed E-state index contributed by atoms with van der Waals surface area (Å²) in [6.07, 6.45) is 2.22. The van der Waals surface area contributed by atoms with Crippen LogP contribution in [0, 0.1) is 11.3 Å². The first-order chi connectivity index (χ1) is 15.0. The maximum absolute atomic E-state index is 13.7. The molecule has 0 bridgehead atoms. The number of carbonyl (C=O) groups is 1.